The lowest BCUT2D eigenvalue weighted by Crippen LogP contribution is -2.24. The molecule has 1 amide bonds. The Morgan fingerprint density at radius 2 is 2.00 bits per heavy atom. The van der Waals surface area contributed by atoms with Gasteiger partial charge in [-0.1, -0.05) is 18.2 Å². The molecule has 0 fully saturated rings. The fourth-order valence-corrected chi connectivity index (χ4v) is 2.02. The molecule has 1 heterocycles. The summed E-state index contributed by atoms with van der Waals surface area (Å²) in [5, 5.41) is 2.49. The minimum atomic E-state index is -4.78. The average molecular weight is 364 g/mol. The van der Waals surface area contributed by atoms with Gasteiger partial charge in [-0.15, -0.1) is 13.2 Å². The number of amides is 1. The van der Waals surface area contributed by atoms with E-state index in [4.69, 9.17) is 4.42 Å². The summed E-state index contributed by atoms with van der Waals surface area (Å²) in [5.74, 6) is -0.825. The number of para-hydroxylation sites is 1. The number of furan rings is 1. The molecule has 0 atom stereocenters. The largest absolute Gasteiger partial charge is 0.573 e. The van der Waals surface area contributed by atoms with E-state index >= 15 is 0 Å². The Hall–Kier alpha value is -1.96. The van der Waals surface area contributed by atoms with Crippen LogP contribution in [0.15, 0.2) is 45.7 Å². The standard InChI is InChI=1S/C13H9BrF3NO3/c14-11-9(5-6-20-11)12(19)18-7-8-3-1-2-4-10(8)21-13(15,16)17/h1-6H,7H2,(H,18,19). The molecule has 0 saturated heterocycles. The van der Waals surface area contributed by atoms with Crippen LogP contribution in [0, 0.1) is 0 Å². The molecular formula is C13H9BrF3NO3. The van der Waals surface area contributed by atoms with Gasteiger partial charge in [0.05, 0.1) is 11.8 Å². The summed E-state index contributed by atoms with van der Waals surface area (Å²) in [6, 6.07) is 7.03. The van der Waals surface area contributed by atoms with Crippen molar-refractivity contribution in [1.82, 2.24) is 5.32 Å². The zero-order valence-corrected chi connectivity index (χ0v) is 12.0. The van der Waals surface area contributed by atoms with Crippen LogP contribution in [0.4, 0.5) is 13.2 Å². The molecule has 0 radical (unpaired) electrons. The Labute approximate surface area is 126 Å². The second-order valence-electron chi connectivity index (χ2n) is 3.95. The number of ether oxygens (including phenoxy) is 1. The molecule has 0 unspecified atom stereocenters. The van der Waals surface area contributed by atoms with Gasteiger partial charge in [-0.3, -0.25) is 4.79 Å². The lowest BCUT2D eigenvalue weighted by molar-refractivity contribution is -0.274. The Bertz CT molecular complexity index is 640. The van der Waals surface area contributed by atoms with Gasteiger partial charge >= 0.3 is 6.36 Å². The smallest absolute Gasteiger partial charge is 0.457 e. The van der Waals surface area contributed by atoms with Crippen molar-refractivity contribution in [3.8, 4) is 5.75 Å². The van der Waals surface area contributed by atoms with Gasteiger partial charge in [0, 0.05) is 12.1 Å². The van der Waals surface area contributed by atoms with Crippen LogP contribution in [-0.2, 0) is 6.54 Å². The number of carbonyl (C=O) groups excluding carboxylic acids is 1. The molecule has 0 aliphatic carbocycles. The second-order valence-corrected chi connectivity index (χ2v) is 4.67. The summed E-state index contributed by atoms with van der Waals surface area (Å²) in [6.07, 6.45) is -3.46. The van der Waals surface area contributed by atoms with E-state index in [1.807, 2.05) is 0 Å². The monoisotopic (exact) mass is 363 g/mol. The predicted octanol–water partition coefficient (Wildman–Crippen LogP) is 3.87. The van der Waals surface area contributed by atoms with Crippen LogP contribution in [0.25, 0.3) is 0 Å². The maximum Gasteiger partial charge on any atom is 0.573 e. The molecule has 112 valence electrons. The Morgan fingerprint density at radius 3 is 2.62 bits per heavy atom. The molecule has 0 saturated carbocycles. The van der Waals surface area contributed by atoms with Gasteiger partial charge in [0.15, 0.2) is 4.67 Å². The van der Waals surface area contributed by atoms with E-state index in [0.29, 0.717) is 0 Å². The van der Waals surface area contributed by atoms with E-state index in [0.717, 1.165) is 0 Å². The van der Waals surface area contributed by atoms with Crippen molar-refractivity contribution >= 4 is 21.8 Å². The fraction of sp³-hybridized carbons (Fsp3) is 0.154. The number of nitrogens with one attached hydrogen (secondary N) is 1. The topological polar surface area (TPSA) is 51.5 Å². The number of rotatable bonds is 4. The molecule has 4 nitrogen and oxygen atoms in total. The molecular weight excluding hydrogens is 355 g/mol. The minimum absolute atomic E-state index is 0.108. The zero-order valence-electron chi connectivity index (χ0n) is 10.4. The Balaban J connectivity index is 2.07. The molecule has 0 bridgehead atoms. The highest BCUT2D eigenvalue weighted by atomic mass is 79.9. The summed E-state index contributed by atoms with van der Waals surface area (Å²) < 4.78 is 45.9. The lowest BCUT2D eigenvalue weighted by Gasteiger charge is -2.13. The van der Waals surface area contributed by atoms with E-state index in [9.17, 15) is 18.0 Å². The number of alkyl halides is 3. The first-order valence-electron chi connectivity index (χ1n) is 5.71. The summed E-state index contributed by atoms with van der Waals surface area (Å²) in [5.41, 5.74) is 0.465. The maximum absolute atomic E-state index is 12.3. The third-order valence-corrected chi connectivity index (χ3v) is 3.11. The van der Waals surface area contributed by atoms with E-state index in [1.165, 1.54) is 30.5 Å². The quantitative estimate of drug-likeness (QED) is 0.896. The summed E-state index contributed by atoms with van der Waals surface area (Å²) in [6.45, 7) is -0.108. The molecule has 21 heavy (non-hydrogen) atoms. The summed E-state index contributed by atoms with van der Waals surface area (Å²) >= 11 is 3.05. The lowest BCUT2D eigenvalue weighted by atomic mass is 10.2. The highest BCUT2D eigenvalue weighted by Crippen LogP contribution is 2.26. The van der Waals surface area contributed by atoms with E-state index < -0.39 is 12.3 Å². The van der Waals surface area contributed by atoms with Crippen LogP contribution in [0.1, 0.15) is 15.9 Å². The van der Waals surface area contributed by atoms with Crippen LogP contribution < -0.4 is 10.1 Å². The van der Waals surface area contributed by atoms with Crippen LogP contribution in [0.2, 0.25) is 0 Å². The van der Waals surface area contributed by atoms with Crippen LogP contribution in [0.3, 0.4) is 0 Å². The Morgan fingerprint density at radius 1 is 1.29 bits per heavy atom. The molecule has 0 spiro atoms. The number of hydrogen-bond acceptors (Lipinski definition) is 3. The molecule has 0 aliphatic heterocycles. The van der Waals surface area contributed by atoms with Gasteiger partial charge in [0.2, 0.25) is 0 Å². The highest BCUT2D eigenvalue weighted by molar-refractivity contribution is 9.10. The SMILES string of the molecule is O=C(NCc1ccccc1OC(F)(F)F)c1ccoc1Br. The number of benzene rings is 1. The first-order valence-corrected chi connectivity index (χ1v) is 6.51. The normalized spacial score (nSPS) is 11.2. The molecule has 1 aromatic carbocycles. The average Bonchev–Trinajstić information content (AvgIpc) is 2.82. The van der Waals surface area contributed by atoms with Crippen molar-refractivity contribution in [2.24, 2.45) is 0 Å². The van der Waals surface area contributed by atoms with Crippen molar-refractivity contribution in [3.05, 3.63) is 52.4 Å². The van der Waals surface area contributed by atoms with Crippen LogP contribution >= 0.6 is 15.9 Å². The molecule has 1 aromatic heterocycles. The first kappa shape index (κ1) is 15.4. The molecule has 0 aliphatic rings. The molecule has 2 rings (SSSR count). The van der Waals surface area contributed by atoms with E-state index in [2.05, 4.69) is 26.0 Å². The number of halogens is 4. The third kappa shape index (κ3) is 4.25. The van der Waals surface area contributed by atoms with Crippen LogP contribution in [-0.4, -0.2) is 12.3 Å². The van der Waals surface area contributed by atoms with Crippen molar-refractivity contribution in [3.63, 3.8) is 0 Å². The van der Waals surface area contributed by atoms with Crippen molar-refractivity contribution in [2.75, 3.05) is 0 Å². The predicted molar refractivity (Wildman–Crippen MR) is 70.7 cm³/mol. The van der Waals surface area contributed by atoms with Crippen molar-refractivity contribution < 1.29 is 27.1 Å². The fourth-order valence-electron chi connectivity index (χ4n) is 1.60. The minimum Gasteiger partial charge on any atom is -0.457 e. The van der Waals surface area contributed by atoms with Crippen molar-refractivity contribution in [1.29, 1.82) is 0 Å². The van der Waals surface area contributed by atoms with Gasteiger partial charge in [-0.2, -0.15) is 0 Å². The number of hydrogen-bond donors (Lipinski definition) is 1. The molecule has 2 aromatic rings. The zero-order chi connectivity index (χ0) is 15.5. The van der Waals surface area contributed by atoms with Gasteiger partial charge in [0.25, 0.3) is 5.91 Å². The summed E-state index contributed by atoms with van der Waals surface area (Å²) in [4.78, 5) is 11.8. The van der Waals surface area contributed by atoms with Gasteiger partial charge < -0.3 is 14.5 Å². The second kappa shape index (κ2) is 6.21. The van der Waals surface area contributed by atoms with E-state index in [-0.39, 0.29) is 28.1 Å². The Kier molecular flexibility index (Phi) is 4.56. The molecule has 1 N–H and O–H groups in total. The maximum atomic E-state index is 12.3. The first-order chi connectivity index (χ1) is 9.87. The van der Waals surface area contributed by atoms with E-state index in [1.54, 1.807) is 6.07 Å². The number of carbonyl (C=O) groups is 1. The summed E-state index contributed by atoms with van der Waals surface area (Å²) in [7, 11) is 0. The third-order valence-electron chi connectivity index (χ3n) is 2.50. The highest BCUT2D eigenvalue weighted by Gasteiger charge is 2.32. The molecule has 8 heteroatoms. The van der Waals surface area contributed by atoms with Crippen molar-refractivity contribution in [2.45, 2.75) is 12.9 Å². The van der Waals surface area contributed by atoms with Gasteiger partial charge in [-0.25, -0.2) is 0 Å². The van der Waals surface area contributed by atoms with Gasteiger partial charge in [-0.05, 0) is 28.1 Å². The van der Waals surface area contributed by atoms with Crippen LogP contribution in [0.5, 0.6) is 5.75 Å². The van der Waals surface area contributed by atoms with Gasteiger partial charge in [0.1, 0.15) is 5.75 Å².